The van der Waals surface area contributed by atoms with E-state index in [9.17, 15) is 0 Å². The van der Waals surface area contributed by atoms with Crippen molar-refractivity contribution >= 4 is 12.6 Å². The molecule has 0 spiro atoms. The first-order chi connectivity index (χ1) is 7.15. The van der Waals surface area contributed by atoms with Gasteiger partial charge in [-0.05, 0) is 31.0 Å². The molecule has 2 rings (SSSR count). The highest BCUT2D eigenvalue weighted by molar-refractivity contribution is 7.81. The van der Waals surface area contributed by atoms with Gasteiger partial charge in [-0.1, -0.05) is 12.1 Å². The highest BCUT2D eigenvalue weighted by atomic mass is 32.1. The minimum absolute atomic E-state index is 0.0878. The first kappa shape index (κ1) is 10.8. The van der Waals surface area contributed by atoms with Crippen LogP contribution in [0, 0.1) is 6.92 Å². The van der Waals surface area contributed by atoms with E-state index in [-0.39, 0.29) is 4.75 Å². The third-order valence-electron chi connectivity index (χ3n) is 2.69. The van der Waals surface area contributed by atoms with Gasteiger partial charge in [0, 0.05) is 0 Å². The van der Waals surface area contributed by atoms with E-state index >= 15 is 0 Å². The van der Waals surface area contributed by atoms with Crippen molar-refractivity contribution in [2.75, 3.05) is 19.8 Å². The zero-order valence-electron chi connectivity index (χ0n) is 9.12. The lowest BCUT2D eigenvalue weighted by molar-refractivity contribution is -0.00973. The number of benzene rings is 1. The molecule has 1 fully saturated rings. The van der Waals surface area contributed by atoms with Crippen LogP contribution in [0.4, 0.5) is 0 Å². The van der Waals surface area contributed by atoms with Gasteiger partial charge < -0.3 is 9.47 Å². The van der Waals surface area contributed by atoms with Gasteiger partial charge >= 0.3 is 0 Å². The molecule has 0 aliphatic carbocycles. The van der Waals surface area contributed by atoms with Crippen LogP contribution in [0.2, 0.25) is 0 Å². The molecule has 82 valence electrons. The zero-order chi connectivity index (χ0) is 10.9. The molecule has 0 amide bonds. The lowest BCUT2D eigenvalue weighted by Gasteiger charge is -2.37. The van der Waals surface area contributed by atoms with Crippen molar-refractivity contribution in [1.29, 1.82) is 0 Å². The second-order valence-electron chi connectivity index (χ2n) is 3.94. The van der Waals surface area contributed by atoms with Crippen molar-refractivity contribution in [3.63, 3.8) is 0 Å². The fraction of sp³-hybridized carbons (Fsp3) is 0.500. The van der Waals surface area contributed by atoms with Gasteiger partial charge in [-0.25, -0.2) is 0 Å². The molecule has 0 radical (unpaired) electrons. The Bertz CT molecular complexity index is 359. The summed E-state index contributed by atoms with van der Waals surface area (Å²) in [7, 11) is 0. The van der Waals surface area contributed by atoms with E-state index in [0.717, 1.165) is 11.3 Å². The monoisotopic (exact) mass is 224 g/mol. The van der Waals surface area contributed by atoms with Crippen LogP contribution in [0.15, 0.2) is 18.2 Å². The molecular formula is C12H16O2S. The second-order valence-corrected chi connectivity index (χ2v) is 4.79. The smallest absolute Gasteiger partial charge is 0.122 e. The van der Waals surface area contributed by atoms with Crippen molar-refractivity contribution in [3.8, 4) is 5.75 Å². The van der Waals surface area contributed by atoms with Crippen LogP contribution in [-0.2, 0) is 9.48 Å². The van der Waals surface area contributed by atoms with Crippen molar-refractivity contribution < 1.29 is 9.47 Å². The minimum atomic E-state index is -0.0878. The molecule has 1 aliphatic heterocycles. The number of thiol groups is 1. The molecule has 0 atom stereocenters. The van der Waals surface area contributed by atoms with Gasteiger partial charge in [-0.3, -0.25) is 0 Å². The highest BCUT2D eigenvalue weighted by Crippen LogP contribution is 2.37. The topological polar surface area (TPSA) is 18.5 Å². The zero-order valence-corrected chi connectivity index (χ0v) is 10.0. The minimum Gasteiger partial charge on any atom is -0.494 e. The molecule has 3 heteroatoms. The molecule has 1 aromatic rings. The van der Waals surface area contributed by atoms with E-state index in [2.05, 4.69) is 31.7 Å². The van der Waals surface area contributed by atoms with Crippen LogP contribution < -0.4 is 4.74 Å². The molecule has 0 N–H and O–H groups in total. The number of ether oxygens (including phenoxy) is 2. The summed E-state index contributed by atoms with van der Waals surface area (Å²) in [6.07, 6.45) is 0. The fourth-order valence-corrected chi connectivity index (χ4v) is 2.04. The van der Waals surface area contributed by atoms with Crippen LogP contribution in [0.3, 0.4) is 0 Å². The van der Waals surface area contributed by atoms with Crippen LogP contribution in [-0.4, -0.2) is 19.8 Å². The Kier molecular flexibility index (Phi) is 2.94. The lowest BCUT2D eigenvalue weighted by Crippen LogP contribution is -2.41. The maximum atomic E-state index is 5.50. The Morgan fingerprint density at radius 3 is 2.67 bits per heavy atom. The molecule has 0 saturated carbocycles. The Morgan fingerprint density at radius 1 is 1.47 bits per heavy atom. The average Bonchev–Trinajstić information content (AvgIpc) is 2.18. The molecule has 1 aromatic carbocycles. The maximum absolute atomic E-state index is 5.50. The van der Waals surface area contributed by atoms with E-state index in [0.29, 0.717) is 19.8 Å². The maximum Gasteiger partial charge on any atom is 0.122 e. The molecule has 15 heavy (non-hydrogen) atoms. The summed E-state index contributed by atoms with van der Waals surface area (Å²) < 4.78 is 10.6. The predicted octanol–water partition coefficient (Wildman–Crippen LogP) is 2.55. The lowest BCUT2D eigenvalue weighted by atomic mass is 9.94. The molecule has 0 aromatic heterocycles. The van der Waals surface area contributed by atoms with Crippen molar-refractivity contribution in [1.82, 2.24) is 0 Å². The fourth-order valence-electron chi connectivity index (χ4n) is 1.72. The van der Waals surface area contributed by atoms with Crippen molar-refractivity contribution in [3.05, 3.63) is 29.3 Å². The molecule has 0 bridgehead atoms. The largest absolute Gasteiger partial charge is 0.494 e. The molecule has 1 aliphatic rings. The van der Waals surface area contributed by atoms with E-state index in [1.807, 2.05) is 13.0 Å². The van der Waals surface area contributed by atoms with Gasteiger partial charge in [0.1, 0.15) is 5.75 Å². The third-order valence-corrected chi connectivity index (χ3v) is 3.21. The molecule has 1 saturated heterocycles. The Hall–Kier alpha value is -0.670. The first-order valence-electron chi connectivity index (χ1n) is 5.20. The van der Waals surface area contributed by atoms with Crippen molar-refractivity contribution in [2.45, 2.75) is 18.6 Å². The van der Waals surface area contributed by atoms with Crippen LogP contribution in [0.5, 0.6) is 5.75 Å². The summed E-state index contributed by atoms with van der Waals surface area (Å²) in [5, 5.41) is 0. The summed E-state index contributed by atoms with van der Waals surface area (Å²) in [4.78, 5) is 0. The normalized spacial score (nSPS) is 18.3. The summed E-state index contributed by atoms with van der Waals surface area (Å²) in [5.41, 5.74) is 2.38. The number of aryl methyl sites for hydroxylation is 1. The Labute approximate surface area is 96.0 Å². The van der Waals surface area contributed by atoms with Gasteiger partial charge in [-0.2, -0.15) is 12.6 Å². The summed E-state index contributed by atoms with van der Waals surface area (Å²) >= 11 is 4.63. The summed E-state index contributed by atoms with van der Waals surface area (Å²) in [6.45, 7) is 6.15. The third kappa shape index (κ3) is 1.99. The molecular weight excluding hydrogens is 208 g/mol. The average molecular weight is 224 g/mol. The molecule has 1 heterocycles. The van der Waals surface area contributed by atoms with Gasteiger partial charge in [0.25, 0.3) is 0 Å². The predicted molar refractivity (Wildman–Crippen MR) is 63.8 cm³/mol. The molecule has 2 nitrogen and oxygen atoms in total. The van der Waals surface area contributed by atoms with Crippen LogP contribution in [0.25, 0.3) is 0 Å². The number of hydrogen-bond acceptors (Lipinski definition) is 3. The number of hydrogen-bond donors (Lipinski definition) is 1. The van der Waals surface area contributed by atoms with E-state index in [1.54, 1.807) is 0 Å². The first-order valence-corrected chi connectivity index (χ1v) is 5.64. The quantitative estimate of drug-likeness (QED) is 0.795. The van der Waals surface area contributed by atoms with E-state index in [4.69, 9.17) is 9.47 Å². The van der Waals surface area contributed by atoms with Gasteiger partial charge in [-0.15, -0.1) is 0 Å². The Balaban J connectivity index is 2.25. The SMILES string of the molecule is CCOc1ccc(C2(S)COC2)cc1C. The standard InChI is InChI=1S/C12H16O2S/c1-3-14-11-5-4-10(6-9(11)2)12(15)7-13-8-12/h4-6,15H,3,7-8H2,1-2H3. The molecule has 0 unspecified atom stereocenters. The Morgan fingerprint density at radius 2 is 2.20 bits per heavy atom. The van der Waals surface area contributed by atoms with E-state index in [1.165, 1.54) is 5.56 Å². The second kappa shape index (κ2) is 4.06. The van der Waals surface area contributed by atoms with Crippen molar-refractivity contribution in [2.24, 2.45) is 0 Å². The van der Waals surface area contributed by atoms with Gasteiger partial charge in [0.15, 0.2) is 0 Å². The van der Waals surface area contributed by atoms with E-state index < -0.39 is 0 Å². The van der Waals surface area contributed by atoms with Gasteiger partial charge in [0.2, 0.25) is 0 Å². The number of rotatable bonds is 3. The summed E-state index contributed by atoms with van der Waals surface area (Å²) in [5.74, 6) is 0.957. The highest BCUT2D eigenvalue weighted by Gasteiger charge is 2.36. The summed E-state index contributed by atoms with van der Waals surface area (Å²) in [6, 6.07) is 6.23. The van der Waals surface area contributed by atoms with Crippen LogP contribution >= 0.6 is 12.6 Å². The van der Waals surface area contributed by atoms with Crippen LogP contribution in [0.1, 0.15) is 18.1 Å². The van der Waals surface area contributed by atoms with Gasteiger partial charge in [0.05, 0.1) is 24.6 Å².